The van der Waals surface area contributed by atoms with Gasteiger partial charge in [-0.25, -0.2) is 8.42 Å². The van der Waals surface area contributed by atoms with Gasteiger partial charge in [-0.2, -0.15) is 4.31 Å². The molecule has 20 heavy (non-hydrogen) atoms. The number of nitrogens with two attached hydrogens (primary N) is 1. The molecule has 0 radical (unpaired) electrons. The van der Waals surface area contributed by atoms with Crippen molar-refractivity contribution in [1.82, 2.24) is 4.31 Å². The first-order valence-electron chi connectivity index (χ1n) is 6.47. The zero-order chi connectivity index (χ0) is 14.9. The Morgan fingerprint density at radius 1 is 1.45 bits per heavy atom. The van der Waals surface area contributed by atoms with E-state index in [1.165, 1.54) is 11.4 Å². The Kier molecular flexibility index (Phi) is 4.73. The van der Waals surface area contributed by atoms with Crippen molar-refractivity contribution in [2.75, 3.05) is 13.7 Å². The van der Waals surface area contributed by atoms with Crippen molar-refractivity contribution in [3.8, 4) is 5.75 Å². The molecule has 0 spiro atoms. The minimum atomic E-state index is -3.55. The highest BCUT2D eigenvalue weighted by atomic mass is 79.9. The van der Waals surface area contributed by atoms with Crippen molar-refractivity contribution in [3.63, 3.8) is 0 Å². The Morgan fingerprint density at radius 2 is 2.15 bits per heavy atom. The van der Waals surface area contributed by atoms with E-state index < -0.39 is 10.0 Å². The molecule has 1 saturated heterocycles. The molecule has 0 aliphatic carbocycles. The van der Waals surface area contributed by atoms with Gasteiger partial charge in [0.05, 0.1) is 7.11 Å². The van der Waals surface area contributed by atoms with E-state index in [0.717, 1.165) is 0 Å². The quantitative estimate of drug-likeness (QED) is 0.891. The van der Waals surface area contributed by atoms with E-state index in [-0.39, 0.29) is 17.0 Å². The maximum absolute atomic E-state index is 12.8. The molecule has 0 aromatic heterocycles. The molecule has 2 atom stereocenters. The molecule has 0 bridgehead atoms. The summed E-state index contributed by atoms with van der Waals surface area (Å²) in [6.45, 7) is 2.35. The molecular weight excluding hydrogens is 344 g/mol. The SMILES string of the molecule is COc1ccc(Br)c(S(=O)(=O)N2CC[C@H](N)C[C@@H]2C)c1. The predicted molar refractivity (Wildman–Crippen MR) is 81.3 cm³/mol. The first-order chi connectivity index (χ1) is 9.36. The Hall–Kier alpha value is -0.630. The summed E-state index contributed by atoms with van der Waals surface area (Å²) < 4.78 is 32.8. The average Bonchev–Trinajstić information content (AvgIpc) is 2.38. The van der Waals surface area contributed by atoms with E-state index >= 15 is 0 Å². The molecule has 1 fully saturated rings. The van der Waals surface area contributed by atoms with E-state index in [1.54, 1.807) is 18.2 Å². The van der Waals surface area contributed by atoms with Crippen LogP contribution in [0, 0.1) is 0 Å². The minimum absolute atomic E-state index is 0.0743. The highest BCUT2D eigenvalue weighted by Crippen LogP contribution is 2.31. The molecule has 112 valence electrons. The molecule has 0 saturated carbocycles. The van der Waals surface area contributed by atoms with E-state index in [2.05, 4.69) is 15.9 Å². The fraction of sp³-hybridized carbons (Fsp3) is 0.538. The van der Waals surface area contributed by atoms with Crippen molar-refractivity contribution in [2.24, 2.45) is 5.73 Å². The number of piperidine rings is 1. The Labute approximate surface area is 128 Å². The molecule has 2 rings (SSSR count). The molecule has 0 unspecified atom stereocenters. The molecule has 1 aromatic carbocycles. The number of benzene rings is 1. The highest BCUT2D eigenvalue weighted by molar-refractivity contribution is 9.10. The van der Waals surface area contributed by atoms with Gasteiger partial charge in [0.25, 0.3) is 0 Å². The summed E-state index contributed by atoms with van der Waals surface area (Å²) in [5, 5.41) is 0. The lowest BCUT2D eigenvalue weighted by molar-refractivity contribution is 0.247. The van der Waals surface area contributed by atoms with Crippen molar-refractivity contribution in [3.05, 3.63) is 22.7 Å². The van der Waals surface area contributed by atoms with Crippen LogP contribution in [0.2, 0.25) is 0 Å². The fourth-order valence-corrected chi connectivity index (χ4v) is 5.08. The number of halogens is 1. The van der Waals surface area contributed by atoms with Crippen LogP contribution in [0.1, 0.15) is 19.8 Å². The summed E-state index contributed by atoms with van der Waals surface area (Å²) in [6, 6.07) is 4.93. The number of methoxy groups -OCH3 is 1. The molecule has 2 N–H and O–H groups in total. The van der Waals surface area contributed by atoms with Gasteiger partial charge in [-0.1, -0.05) is 0 Å². The second kappa shape index (κ2) is 6.01. The third-order valence-electron chi connectivity index (χ3n) is 3.58. The topological polar surface area (TPSA) is 72.6 Å². The zero-order valence-electron chi connectivity index (χ0n) is 11.5. The normalized spacial score (nSPS) is 24.6. The molecule has 1 heterocycles. The lowest BCUT2D eigenvalue weighted by atomic mass is 10.0. The number of hydrogen-bond donors (Lipinski definition) is 1. The molecule has 5 nitrogen and oxygen atoms in total. The molecule has 1 aliphatic rings. The standard InChI is InChI=1S/C13H19BrN2O3S/c1-9-7-10(15)5-6-16(9)20(17,18)13-8-11(19-2)3-4-12(13)14/h3-4,8-10H,5-7,15H2,1-2H3/t9-,10-/m0/s1. The summed E-state index contributed by atoms with van der Waals surface area (Å²) in [5.41, 5.74) is 5.89. The summed E-state index contributed by atoms with van der Waals surface area (Å²) in [5.74, 6) is 0.521. The predicted octanol–water partition coefficient (Wildman–Crippen LogP) is 1.96. The third kappa shape index (κ3) is 3.00. The van der Waals surface area contributed by atoms with Gasteiger partial charge in [0, 0.05) is 29.2 Å². The Balaban J connectivity index is 2.40. The summed E-state index contributed by atoms with van der Waals surface area (Å²) >= 11 is 3.31. The van der Waals surface area contributed by atoms with Crippen LogP contribution in [0.3, 0.4) is 0 Å². The van der Waals surface area contributed by atoms with Gasteiger partial charge in [-0.05, 0) is 47.8 Å². The Bertz CT molecular complexity index is 591. The number of nitrogens with zero attached hydrogens (tertiary/aromatic N) is 1. The second-order valence-corrected chi connectivity index (χ2v) is 7.76. The summed E-state index contributed by atoms with van der Waals surface area (Å²) in [4.78, 5) is 0.235. The van der Waals surface area contributed by atoms with Crippen molar-refractivity contribution < 1.29 is 13.2 Å². The van der Waals surface area contributed by atoms with Crippen molar-refractivity contribution >= 4 is 26.0 Å². The maximum Gasteiger partial charge on any atom is 0.244 e. The van der Waals surface area contributed by atoms with Gasteiger partial charge in [-0.15, -0.1) is 0 Å². The van der Waals surface area contributed by atoms with Crippen LogP contribution in [0.25, 0.3) is 0 Å². The van der Waals surface area contributed by atoms with Crippen LogP contribution >= 0.6 is 15.9 Å². The average molecular weight is 363 g/mol. The summed E-state index contributed by atoms with van der Waals surface area (Å²) in [7, 11) is -2.03. The van der Waals surface area contributed by atoms with E-state index in [1.807, 2.05) is 6.92 Å². The first kappa shape index (κ1) is 15.8. The zero-order valence-corrected chi connectivity index (χ0v) is 13.9. The number of rotatable bonds is 3. The van der Waals surface area contributed by atoms with Crippen molar-refractivity contribution in [2.45, 2.75) is 36.7 Å². The molecule has 1 aliphatic heterocycles. The van der Waals surface area contributed by atoms with Gasteiger partial charge in [0.2, 0.25) is 10.0 Å². The molecular formula is C13H19BrN2O3S. The number of sulfonamides is 1. The van der Waals surface area contributed by atoms with Gasteiger partial charge in [0.15, 0.2) is 0 Å². The lowest BCUT2D eigenvalue weighted by Gasteiger charge is -2.35. The smallest absolute Gasteiger partial charge is 0.244 e. The van der Waals surface area contributed by atoms with E-state index in [0.29, 0.717) is 29.6 Å². The highest BCUT2D eigenvalue weighted by Gasteiger charge is 2.34. The van der Waals surface area contributed by atoms with Crippen LogP contribution in [-0.4, -0.2) is 38.5 Å². The number of hydrogen-bond acceptors (Lipinski definition) is 4. The maximum atomic E-state index is 12.8. The van der Waals surface area contributed by atoms with Crippen LogP contribution in [0.15, 0.2) is 27.6 Å². The van der Waals surface area contributed by atoms with Crippen LogP contribution in [0.4, 0.5) is 0 Å². The van der Waals surface area contributed by atoms with E-state index in [4.69, 9.17) is 10.5 Å². The van der Waals surface area contributed by atoms with Gasteiger partial charge in [-0.3, -0.25) is 0 Å². The summed E-state index contributed by atoms with van der Waals surface area (Å²) in [6.07, 6.45) is 1.37. The first-order valence-corrected chi connectivity index (χ1v) is 8.70. The van der Waals surface area contributed by atoms with Gasteiger partial charge < -0.3 is 10.5 Å². The molecule has 0 amide bonds. The lowest BCUT2D eigenvalue weighted by Crippen LogP contribution is -2.48. The van der Waals surface area contributed by atoms with Gasteiger partial charge in [0.1, 0.15) is 10.6 Å². The monoisotopic (exact) mass is 362 g/mol. The van der Waals surface area contributed by atoms with Crippen LogP contribution in [0.5, 0.6) is 5.75 Å². The minimum Gasteiger partial charge on any atom is -0.497 e. The van der Waals surface area contributed by atoms with Crippen LogP contribution < -0.4 is 10.5 Å². The Morgan fingerprint density at radius 3 is 2.75 bits per heavy atom. The van der Waals surface area contributed by atoms with Crippen LogP contribution in [-0.2, 0) is 10.0 Å². The largest absolute Gasteiger partial charge is 0.497 e. The second-order valence-electron chi connectivity index (χ2n) is 5.05. The molecule has 7 heteroatoms. The fourth-order valence-electron chi connectivity index (χ4n) is 2.48. The van der Waals surface area contributed by atoms with Gasteiger partial charge >= 0.3 is 0 Å². The third-order valence-corrected chi connectivity index (χ3v) is 6.59. The molecule has 1 aromatic rings. The number of ether oxygens (including phenoxy) is 1. The van der Waals surface area contributed by atoms with E-state index in [9.17, 15) is 8.42 Å². The van der Waals surface area contributed by atoms with Crippen molar-refractivity contribution in [1.29, 1.82) is 0 Å².